The van der Waals surface area contributed by atoms with E-state index in [2.05, 4.69) is 25.2 Å². The zero-order valence-corrected chi connectivity index (χ0v) is 27.8. The molecule has 8 unspecified atom stereocenters. The van der Waals surface area contributed by atoms with Gasteiger partial charge in [0, 0.05) is 32.9 Å². The predicted molar refractivity (Wildman–Crippen MR) is 171 cm³/mol. The van der Waals surface area contributed by atoms with Gasteiger partial charge in [0.1, 0.15) is 5.78 Å². The molecule has 9 nitrogen and oxygen atoms in total. The Morgan fingerprint density at radius 2 is 1.73 bits per heavy atom. The number of carbonyl (C=O) groups is 3. The molecule has 0 radical (unpaired) electrons. The summed E-state index contributed by atoms with van der Waals surface area (Å²) in [6, 6.07) is 0. The van der Waals surface area contributed by atoms with E-state index in [0.717, 1.165) is 44.1 Å². The SMILES string of the molecule is CCCC1OC(=O)C(C)CC(C)CCCCC(=O)CCCC(CC)/C=C\C=C2\CCC(OC2OC)C(O)CC(O)CNC1=O. The average molecular weight is 622 g/mol. The van der Waals surface area contributed by atoms with Gasteiger partial charge in [-0.15, -0.1) is 0 Å². The second-order valence-electron chi connectivity index (χ2n) is 12.9. The molecule has 3 rings (SSSR count). The molecule has 1 fully saturated rings. The van der Waals surface area contributed by atoms with Crippen molar-refractivity contribution < 1.29 is 38.8 Å². The summed E-state index contributed by atoms with van der Waals surface area (Å²) in [4.78, 5) is 38.2. The number of ketones is 1. The molecule has 1 saturated heterocycles. The Morgan fingerprint density at radius 3 is 2.43 bits per heavy atom. The Kier molecular flexibility index (Phi) is 18.1. The molecule has 0 saturated carbocycles. The minimum absolute atomic E-state index is 0.0220. The van der Waals surface area contributed by atoms with Crippen molar-refractivity contribution in [2.75, 3.05) is 13.7 Å². The summed E-state index contributed by atoms with van der Waals surface area (Å²) in [6.45, 7) is 7.94. The summed E-state index contributed by atoms with van der Waals surface area (Å²) in [5.74, 6) is -0.205. The third-order valence-electron chi connectivity index (χ3n) is 8.90. The van der Waals surface area contributed by atoms with E-state index in [1.54, 1.807) is 7.11 Å². The molecule has 252 valence electrons. The molecule has 44 heavy (non-hydrogen) atoms. The van der Waals surface area contributed by atoms with Crippen LogP contribution in [0.2, 0.25) is 0 Å². The Morgan fingerprint density at radius 1 is 0.977 bits per heavy atom. The van der Waals surface area contributed by atoms with Gasteiger partial charge in [0.25, 0.3) is 5.91 Å². The monoisotopic (exact) mass is 621 g/mol. The number of hydrogen-bond donors (Lipinski definition) is 3. The molecule has 3 aliphatic rings. The van der Waals surface area contributed by atoms with E-state index in [-0.39, 0.29) is 18.9 Å². The molecule has 0 aliphatic carbocycles. The number of fused-ring (bicyclic) bond motifs is 24. The summed E-state index contributed by atoms with van der Waals surface area (Å²) < 4.78 is 17.2. The first-order valence-electron chi connectivity index (χ1n) is 17.0. The third-order valence-corrected chi connectivity index (χ3v) is 8.90. The average Bonchev–Trinajstić information content (AvgIpc) is 3.00. The van der Waals surface area contributed by atoms with Crippen LogP contribution in [-0.4, -0.2) is 72.2 Å². The molecule has 1 amide bonds. The Balaban J connectivity index is 2.11. The Labute approximate surface area is 265 Å². The summed E-state index contributed by atoms with van der Waals surface area (Å²) in [7, 11) is 1.57. The van der Waals surface area contributed by atoms with Crippen molar-refractivity contribution >= 4 is 17.7 Å². The van der Waals surface area contributed by atoms with Gasteiger partial charge in [-0.25, -0.2) is 0 Å². The number of amides is 1. The van der Waals surface area contributed by atoms with Gasteiger partial charge in [0.05, 0.1) is 24.2 Å². The normalized spacial score (nSPS) is 35.4. The van der Waals surface area contributed by atoms with Crippen LogP contribution in [0, 0.1) is 17.8 Å². The van der Waals surface area contributed by atoms with Crippen LogP contribution < -0.4 is 5.32 Å². The van der Waals surface area contributed by atoms with Gasteiger partial charge in [-0.2, -0.15) is 0 Å². The fraction of sp³-hybridized carbons (Fsp3) is 0.800. The fourth-order valence-electron chi connectivity index (χ4n) is 6.09. The highest BCUT2D eigenvalue weighted by Crippen LogP contribution is 2.28. The smallest absolute Gasteiger partial charge is 0.309 e. The van der Waals surface area contributed by atoms with Gasteiger partial charge in [-0.05, 0) is 68.8 Å². The van der Waals surface area contributed by atoms with Crippen LogP contribution in [0.5, 0.6) is 0 Å². The maximum absolute atomic E-state index is 12.9. The van der Waals surface area contributed by atoms with Gasteiger partial charge >= 0.3 is 5.97 Å². The van der Waals surface area contributed by atoms with Crippen LogP contribution in [0.4, 0.5) is 0 Å². The number of aliphatic hydroxyl groups is 2. The molecule has 8 atom stereocenters. The summed E-state index contributed by atoms with van der Waals surface area (Å²) >= 11 is 0. The van der Waals surface area contributed by atoms with Crippen molar-refractivity contribution in [3.63, 3.8) is 0 Å². The maximum atomic E-state index is 12.9. The Hall–Kier alpha value is -2.07. The van der Waals surface area contributed by atoms with Gasteiger partial charge in [0.15, 0.2) is 12.4 Å². The topological polar surface area (TPSA) is 131 Å². The lowest BCUT2D eigenvalue weighted by Gasteiger charge is -2.34. The van der Waals surface area contributed by atoms with Gasteiger partial charge in [-0.1, -0.05) is 65.2 Å². The van der Waals surface area contributed by atoms with Crippen LogP contribution in [0.3, 0.4) is 0 Å². The van der Waals surface area contributed by atoms with Crippen molar-refractivity contribution in [2.45, 2.75) is 148 Å². The largest absolute Gasteiger partial charge is 0.452 e. The van der Waals surface area contributed by atoms with Gasteiger partial charge in [-0.3, -0.25) is 14.4 Å². The van der Waals surface area contributed by atoms with E-state index >= 15 is 0 Å². The van der Waals surface area contributed by atoms with E-state index in [1.165, 1.54) is 0 Å². The summed E-state index contributed by atoms with van der Waals surface area (Å²) in [6.07, 6.45) is 12.0. The first-order valence-corrected chi connectivity index (χ1v) is 17.0. The van der Waals surface area contributed by atoms with Crippen molar-refractivity contribution in [1.29, 1.82) is 0 Å². The molecule has 0 aromatic carbocycles. The number of Topliss-reactive ketones (excluding diaryl/α,β-unsaturated/α-hetero) is 1. The third kappa shape index (κ3) is 13.9. The quantitative estimate of drug-likeness (QED) is 0.348. The highest BCUT2D eigenvalue weighted by atomic mass is 16.7. The van der Waals surface area contributed by atoms with Crippen LogP contribution in [0.25, 0.3) is 0 Å². The number of esters is 1. The molecular weight excluding hydrogens is 562 g/mol. The number of carbonyl (C=O) groups excluding carboxylic acids is 3. The molecule has 3 N–H and O–H groups in total. The summed E-state index contributed by atoms with van der Waals surface area (Å²) in [5.41, 5.74) is 0.985. The number of hydrogen-bond acceptors (Lipinski definition) is 8. The second kappa shape index (κ2) is 20.9. The van der Waals surface area contributed by atoms with Crippen molar-refractivity contribution in [1.82, 2.24) is 5.32 Å². The lowest BCUT2D eigenvalue weighted by Crippen LogP contribution is -2.44. The predicted octanol–water partition coefficient (Wildman–Crippen LogP) is 5.56. The number of methoxy groups -OCH3 is 1. The molecular formula is C35H59NO8. The number of allylic oxidation sites excluding steroid dienone is 3. The van der Waals surface area contributed by atoms with Crippen LogP contribution in [0.1, 0.15) is 118 Å². The molecule has 0 spiro atoms. The fourth-order valence-corrected chi connectivity index (χ4v) is 6.09. The highest BCUT2D eigenvalue weighted by Gasteiger charge is 2.32. The van der Waals surface area contributed by atoms with Crippen molar-refractivity contribution in [3.05, 3.63) is 23.8 Å². The van der Waals surface area contributed by atoms with E-state index in [9.17, 15) is 24.6 Å². The van der Waals surface area contributed by atoms with E-state index in [0.29, 0.717) is 62.6 Å². The Bertz CT molecular complexity index is 934. The molecule has 3 heterocycles. The minimum Gasteiger partial charge on any atom is -0.452 e. The van der Waals surface area contributed by atoms with E-state index in [1.807, 2.05) is 26.0 Å². The lowest BCUT2D eigenvalue weighted by molar-refractivity contribution is -0.181. The van der Waals surface area contributed by atoms with E-state index < -0.39 is 42.6 Å². The first kappa shape index (κ1) is 38.1. The zero-order valence-electron chi connectivity index (χ0n) is 27.8. The van der Waals surface area contributed by atoms with Gasteiger partial charge < -0.3 is 29.7 Å². The number of nitrogens with one attached hydrogen (secondary N) is 1. The molecule has 0 aromatic heterocycles. The molecule has 3 aliphatic heterocycles. The minimum atomic E-state index is -0.996. The van der Waals surface area contributed by atoms with Crippen LogP contribution in [0.15, 0.2) is 23.8 Å². The highest BCUT2D eigenvalue weighted by molar-refractivity contribution is 5.84. The number of aliphatic hydroxyl groups excluding tert-OH is 2. The van der Waals surface area contributed by atoms with Crippen molar-refractivity contribution in [3.8, 4) is 0 Å². The lowest BCUT2D eigenvalue weighted by atomic mass is 9.92. The van der Waals surface area contributed by atoms with Crippen LogP contribution >= 0.6 is 0 Å². The molecule has 0 aromatic rings. The number of ether oxygens (including phenoxy) is 3. The second-order valence-corrected chi connectivity index (χ2v) is 12.9. The van der Waals surface area contributed by atoms with Crippen molar-refractivity contribution in [2.24, 2.45) is 17.8 Å². The zero-order chi connectivity index (χ0) is 32.5. The summed E-state index contributed by atoms with van der Waals surface area (Å²) in [5, 5.41) is 24.1. The molecule has 9 heteroatoms. The van der Waals surface area contributed by atoms with Gasteiger partial charge in [0.2, 0.25) is 0 Å². The van der Waals surface area contributed by atoms with E-state index in [4.69, 9.17) is 14.2 Å². The number of rotatable bonds is 4. The van der Waals surface area contributed by atoms with Crippen LogP contribution in [-0.2, 0) is 28.6 Å². The first-order chi connectivity index (χ1) is 21.1. The maximum Gasteiger partial charge on any atom is 0.309 e. The standard InChI is InChI=1S/C35H59NO8/c1-6-12-32-33(40)36-23-29(38)22-30(39)31-20-19-27(35(42-5)44-31)16-10-14-26(7-2)15-11-18-28(37)17-9-8-13-24(3)21-25(4)34(41)43-32/h10,14,16,24-26,29-32,35,38-39H,6-9,11-13,15,17-23H2,1-5H3,(H,36,40)/b14-10-,27-16-. The molecule has 2 bridgehead atoms.